The van der Waals surface area contributed by atoms with Gasteiger partial charge in [-0.05, 0) is 79.0 Å². The molecular formula is C33H45ClN6O2. The van der Waals surface area contributed by atoms with Gasteiger partial charge in [0, 0.05) is 23.5 Å². The van der Waals surface area contributed by atoms with Gasteiger partial charge in [-0.15, -0.1) is 0 Å². The zero-order valence-electron chi connectivity index (χ0n) is 25.8. The Bertz CT molecular complexity index is 1350. The Morgan fingerprint density at radius 1 is 1.14 bits per heavy atom. The number of hydrogen-bond donors (Lipinski definition) is 3. The Kier molecular flexibility index (Phi) is 9.17. The number of aromatic nitrogens is 1. The van der Waals surface area contributed by atoms with Crippen LogP contribution in [0.4, 0.5) is 0 Å². The minimum atomic E-state index is -0.656. The zero-order valence-corrected chi connectivity index (χ0v) is 26.5. The van der Waals surface area contributed by atoms with E-state index in [4.69, 9.17) is 27.7 Å². The number of aliphatic imine (C=N–C) groups is 1. The highest BCUT2D eigenvalue weighted by molar-refractivity contribution is 6.47. The van der Waals surface area contributed by atoms with Gasteiger partial charge in [0.25, 0.3) is 11.8 Å². The van der Waals surface area contributed by atoms with E-state index in [9.17, 15) is 9.59 Å². The largest absolute Gasteiger partial charge is 0.386 e. The van der Waals surface area contributed by atoms with Crippen molar-refractivity contribution in [2.45, 2.75) is 91.8 Å². The molecule has 1 fully saturated rings. The van der Waals surface area contributed by atoms with Crippen LogP contribution in [0.25, 0.3) is 0 Å². The smallest absolute Gasteiger partial charge is 0.275 e. The summed E-state index contributed by atoms with van der Waals surface area (Å²) in [6.07, 6.45) is 8.43. The van der Waals surface area contributed by atoms with Crippen LogP contribution in [-0.4, -0.2) is 45.5 Å². The number of nitrogens with two attached hydrogens (primary N) is 1. The highest BCUT2D eigenvalue weighted by atomic mass is 35.5. The first-order valence-electron chi connectivity index (χ1n) is 14.9. The molecule has 1 aliphatic heterocycles. The van der Waals surface area contributed by atoms with Crippen LogP contribution >= 0.6 is 11.6 Å². The van der Waals surface area contributed by atoms with E-state index >= 15 is 0 Å². The van der Waals surface area contributed by atoms with Gasteiger partial charge in [-0.3, -0.25) is 25.0 Å². The quantitative estimate of drug-likeness (QED) is 0.238. The topological polar surface area (TPSA) is 125 Å². The van der Waals surface area contributed by atoms with E-state index in [0.29, 0.717) is 27.8 Å². The summed E-state index contributed by atoms with van der Waals surface area (Å²) < 4.78 is 0. The molecule has 1 atom stereocenters. The molecule has 9 heteroatoms. The van der Waals surface area contributed by atoms with Gasteiger partial charge in [-0.1, -0.05) is 65.3 Å². The van der Waals surface area contributed by atoms with Gasteiger partial charge in [0.2, 0.25) is 0 Å². The number of nitrogens with zero attached hydrogens (tertiary/aromatic N) is 3. The summed E-state index contributed by atoms with van der Waals surface area (Å²) in [5.41, 5.74) is 7.49. The fraction of sp³-hybridized carbons (Fsp3) is 0.545. The molecule has 226 valence electrons. The van der Waals surface area contributed by atoms with Crippen molar-refractivity contribution in [1.82, 2.24) is 15.2 Å². The molecular weight excluding hydrogens is 548 g/mol. The molecule has 1 unspecified atom stereocenters. The van der Waals surface area contributed by atoms with Crippen LogP contribution in [0.15, 0.2) is 47.7 Å². The monoisotopic (exact) mass is 592 g/mol. The van der Waals surface area contributed by atoms with Gasteiger partial charge in [0.1, 0.15) is 17.2 Å². The highest BCUT2D eigenvalue weighted by Gasteiger charge is 2.52. The Morgan fingerprint density at radius 3 is 2.33 bits per heavy atom. The number of benzene rings is 1. The van der Waals surface area contributed by atoms with Crippen molar-refractivity contribution in [1.29, 1.82) is 5.41 Å². The molecule has 1 spiro atoms. The predicted molar refractivity (Wildman–Crippen MR) is 169 cm³/mol. The first kappa shape index (κ1) is 31.7. The molecule has 1 aromatic carbocycles. The standard InChI is InChI=1S/C33H45ClN6O2/c1-31(2,3)14-13-26(21-7-9-22(10-8-21)29(41)38-20-27(35)36)40-30(42)28(23-17-25(34)19-37-18-23)39-33(40)15-11-24(12-16-33)32(4,5)6/h7-10,17-19,24,26H,11-16,20H2,1-6H3,(H3,35,36)(H,38,41). The van der Waals surface area contributed by atoms with Crippen LogP contribution in [0, 0.1) is 22.2 Å². The van der Waals surface area contributed by atoms with Crippen molar-refractivity contribution in [3.63, 3.8) is 0 Å². The van der Waals surface area contributed by atoms with Crippen molar-refractivity contribution >= 4 is 35.0 Å². The van der Waals surface area contributed by atoms with E-state index in [1.807, 2.05) is 17.0 Å². The maximum atomic E-state index is 14.5. The lowest BCUT2D eigenvalue weighted by atomic mass is 9.69. The van der Waals surface area contributed by atoms with E-state index in [1.54, 1.807) is 30.6 Å². The summed E-state index contributed by atoms with van der Waals surface area (Å²) in [5, 5.41) is 10.5. The third-order valence-corrected chi connectivity index (χ3v) is 8.86. The lowest BCUT2D eigenvalue weighted by Crippen LogP contribution is -2.51. The molecule has 2 heterocycles. The summed E-state index contributed by atoms with van der Waals surface area (Å²) in [4.78, 5) is 38.6. The Labute approximate surface area is 255 Å². The van der Waals surface area contributed by atoms with Crippen LogP contribution in [0.1, 0.15) is 108 Å². The second-order valence-electron chi connectivity index (χ2n) is 14.1. The average molecular weight is 593 g/mol. The molecule has 2 aliphatic rings. The number of carbonyl (C=O) groups excluding carboxylic acids is 2. The zero-order chi connectivity index (χ0) is 30.9. The van der Waals surface area contributed by atoms with Gasteiger partial charge < -0.3 is 16.0 Å². The Balaban J connectivity index is 1.75. The fourth-order valence-corrected chi connectivity index (χ4v) is 6.40. The molecule has 4 rings (SSSR count). The van der Waals surface area contributed by atoms with Crippen LogP contribution in [0.2, 0.25) is 5.02 Å². The molecule has 8 nitrogen and oxygen atoms in total. The van der Waals surface area contributed by atoms with E-state index < -0.39 is 5.66 Å². The van der Waals surface area contributed by atoms with Crippen LogP contribution in [-0.2, 0) is 4.79 Å². The molecule has 1 aromatic heterocycles. The molecule has 1 saturated carbocycles. The number of pyridine rings is 1. The van der Waals surface area contributed by atoms with E-state index in [0.717, 1.165) is 44.1 Å². The van der Waals surface area contributed by atoms with Gasteiger partial charge in [-0.2, -0.15) is 0 Å². The van der Waals surface area contributed by atoms with Gasteiger partial charge in [-0.25, -0.2) is 0 Å². The maximum absolute atomic E-state index is 14.5. The number of nitrogens with one attached hydrogen (secondary N) is 2. The number of halogens is 1. The van der Waals surface area contributed by atoms with Crippen molar-refractivity contribution < 1.29 is 9.59 Å². The maximum Gasteiger partial charge on any atom is 0.275 e. The SMILES string of the molecule is CC(C)(C)CCC(c1ccc(C(=O)NCC(=N)N)cc1)N1C(=O)C(c2cncc(Cl)c2)=NC12CCC(C(C)(C)C)CC2. The third kappa shape index (κ3) is 7.20. The number of amides is 2. The highest BCUT2D eigenvalue weighted by Crippen LogP contribution is 2.50. The second-order valence-corrected chi connectivity index (χ2v) is 14.5. The molecule has 0 saturated heterocycles. The third-order valence-electron chi connectivity index (χ3n) is 8.66. The summed E-state index contributed by atoms with van der Waals surface area (Å²) in [7, 11) is 0. The molecule has 0 bridgehead atoms. The van der Waals surface area contributed by atoms with Crippen LogP contribution in [0.5, 0.6) is 0 Å². The van der Waals surface area contributed by atoms with Crippen molar-refractivity contribution in [3.05, 3.63) is 64.4 Å². The lowest BCUT2D eigenvalue weighted by Gasteiger charge is -2.47. The van der Waals surface area contributed by atoms with Crippen molar-refractivity contribution in [3.8, 4) is 0 Å². The van der Waals surface area contributed by atoms with Gasteiger partial charge in [0.15, 0.2) is 0 Å². The normalized spacial score (nSPS) is 21.8. The lowest BCUT2D eigenvalue weighted by molar-refractivity contribution is -0.134. The summed E-state index contributed by atoms with van der Waals surface area (Å²) >= 11 is 6.30. The first-order valence-corrected chi connectivity index (χ1v) is 15.2. The van der Waals surface area contributed by atoms with Gasteiger partial charge in [0.05, 0.1) is 17.6 Å². The van der Waals surface area contributed by atoms with E-state index in [1.165, 1.54) is 0 Å². The van der Waals surface area contributed by atoms with E-state index in [2.05, 4.69) is 51.8 Å². The molecule has 0 radical (unpaired) electrons. The Hall–Kier alpha value is -3.26. The fourth-order valence-electron chi connectivity index (χ4n) is 6.22. The minimum absolute atomic E-state index is 0.00632. The summed E-state index contributed by atoms with van der Waals surface area (Å²) in [6.45, 7) is 13.5. The summed E-state index contributed by atoms with van der Waals surface area (Å²) in [6, 6.07) is 8.98. The number of carbonyl (C=O) groups is 2. The predicted octanol–water partition coefficient (Wildman–Crippen LogP) is 6.53. The number of rotatable bonds is 8. The van der Waals surface area contributed by atoms with Crippen molar-refractivity contribution in [2.24, 2.45) is 27.5 Å². The Morgan fingerprint density at radius 2 is 1.79 bits per heavy atom. The molecule has 2 amide bonds. The van der Waals surface area contributed by atoms with Crippen LogP contribution in [0.3, 0.4) is 0 Å². The van der Waals surface area contributed by atoms with Gasteiger partial charge >= 0.3 is 0 Å². The number of amidine groups is 1. The van der Waals surface area contributed by atoms with Crippen LogP contribution < -0.4 is 11.1 Å². The summed E-state index contributed by atoms with van der Waals surface area (Å²) in [5.74, 6) is 0.0479. The number of hydrogen-bond acceptors (Lipinski definition) is 5. The molecule has 2 aromatic rings. The molecule has 1 aliphatic carbocycles. The van der Waals surface area contributed by atoms with E-state index in [-0.39, 0.29) is 41.1 Å². The first-order chi connectivity index (χ1) is 19.6. The molecule has 4 N–H and O–H groups in total. The minimum Gasteiger partial charge on any atom is -0.386 e. The second kappa shape index (κ2) is 12.2. The average Bonchev–Trinajstić information content (AvgIpc) is 3.18. The molecule has 42 heavy (non-hydrogen) atoms. The van der Waals surface area contributed by atoms with Crippen molar-refractivity contribution in [2.75, 3.05) is 6.54 Å².